The fourth-order valence-corrected chi connectivity index (χ4v) is 3.12. The maximum Gasteiger partial charge on any atom is 0.127 e. The van der Waals surface area contributed by atoms with E-state index in [0.29, 0.717) is 0 Å². The summed E-state index contributed by atoms with van der Waals surface area (Å²) >= 11 is 0. The van der Waals surface area contributed by atoms with Crippen molar-refractivity contribution in [1.29, 1.82) is 0 Å². The van der Waals surface area contributed by atoms with Crippen molar-refractivity contribution < 1.29 is 4.74 Å². The molecule has 0 N–H and O–H groups in total. The molecule has 0 saturated heterocycles. The Kier molecular flexibility index (Phi) is 2.92. The molecule has 0 saturated carbocycles. The van der Waals surface area contributed by atoms with Gasteiger partial charge in [0.1, 0.15) is 5.75 Å². The van der Waals surface area contributed by atoms with E-state index in [1.54, 1.807) is 0 Å². The zero-order chi connectivity index (χ0) is 14.2. The smallest absolute Gasteiger partial charge is 0.127 e. The quantitative estimate of drug-likeness (QED) is 0.348. The minimum Gasteiger partial charge on any atom is -0.493 e. The average Bonchev–Trinajstić information content (AvgIpc) is 2.54. The van der Waals surface area contributed by atoms with Crippen molar-refractivity contribution in [2.75, 3.05) is 6.61 Å². The van der Waals surface area contributed by atoms with Gasteiger partial charge in [0.25, 0.3) is 0 Å². The first-order chi connectivity index (χ1) is 10.4. The number of hydrogen-bond donors (Lipinski definition) is 0. The average molecular weight is 273 g/mol. The van der Waals surface area contributed by atoms with Crippen LogP contribution in [0.15, 0.2) is 54.6 Å². The maximum atomic E-state index is 5.96. The lowest BCUT2D eigenvalue weighted by Gasteiger charge is -2.14. The van der Waals surface area contributed by atoms with E-state index >= 15 is 0 Å². The van der Waals surface area contributed by atoms with Gasteiger partial charge in [-0.25, -0.2) is 0 Å². The Bertz CT molecular complexity index is 892. The summed E-state index contributed by atoms with van der Waals surface area (Å²) in [6.07, 6.45) is 1.90. The lowest BCUT2D eigenvalue weighted by Crippen LogP contribution is -1.97. The number of ether oxygens (including phenoxy) is 1. The van der Waals surface area contributed by atoms with Crippen LogP contribution in [0, 0.1) is 6.92 Å². The highest BCUT2D eigenvalue weighted by molar-refractivity contribution is 6.24. The number of unbranched alkanes of at least 4 members (excludes halogenated alkanes) is 1. The van der Waals surface area contributed by atoms with Gasteiger partial charge < -0.3 is 4.74 Å². The highest BCUT2D eigenvalue weighted by atomic mass is 16.5. The predicted molar refractivity (Wildman–Crippen MR) is 90.2 cm³/mol. The summed E-state index contributed by atoms with van der Waals surface area (Å²) in [6.45, 7) is 4.60. The fraction of sp³-hybridized carbons (Fsp3) is 0.150. The molecule has 21 heavy (non-hydrogen) atoms. The van der Waals surface area contributed by atoms with E-state index in [4.69, 9.17) is 4.74 Å². The summed E-state index contributed by atoms with van der Waals surface area (Å²) in [5, 5.41) is 7.73. The van der Waals surface area contributed by atoms with Gasteiger partial charge in [-0.3, -0.25) is 0 Å². The van der Waals surface area contributed by atoms with Crippen LogP contribution in [0.2, 0.25) is 0 Å². The molecule has 0 bridgehead atoms. The van der Waals surface area contributed by atoms with Crippen molar-refractivity contribution in [3.8, 4) is 5.75 Å². The second kappa shape index (κ2) is 4.92. The Morgan fingerprint density at radius 3 is 2.19 bits per heavy atom. The second-order valence-corrected chi connectivity index (χ2v) is 5.48. The minimum absolute atomic E-state index is 0.730. The molecule has 4 rings (SSSR count). The van der Waals surface area contributed by atoms with Crippen molar-refractivity contribution in [2.45, 2.75) is 12.8 Å². The van der Waals surface area contributed by atoms with Crippen molar-refractivity contribution in [3.05, 3.63) is 61.5 Å². The van der Waals surface area contributed by atoms with Crippen molar-refractivity contribution in [1.82, 2.24) is 0 Å². The molecule has 1 nitrogen and oxygen atoms in total. The third-order valence-corrected chi connectivity index (χ3v) is 4.14. The normalized spacial score (nSPS) is 11.7. The third kappa shape index (κ3) is 1.92. The molecule has 103 valence electrons. The monoisotopic (exact) mass is 273 g/mol. The molecule has 0 aliphatic rings. The Morgan fingerprint density at radius 2 is 1.43 bits per heavy atom. The van der Waals surface area contributed by atoms with Crippen LogP contribution in [0.3, 0.4) is 0 Å². The van der Waals surface area contributed by atoms with Crippen LogP contribution >= 0.6 is 0 Å². The molecule has 4 aromatic rings. The molecule has 1 heteroatoms. The number of benzene rings is 4. The van der Waals surface area contributed by atoms with E-state index in [9.17, 15) is 0 Å². The third-order valence-electron chi connectivity index (χ3n) is 4.14. The Labute approximate surface area is 124 Å². The van der Waals surface area contributed by atoms with Gasteiger partial charge in [0.2, 0.25) is 0 Å². The summed E-state index contributed by atoms with van der Waals surface area (Å²) in [5.41, 5.74) is 0. The first-order valence-electron chi connectivity index (χ1n) is 7.47. The summed E-state index contributed by atoms with van der Waals surface area (Å²) < 4.78 is 5.96. The lowest BCUT2D eigenvalue weighted by atomic mass is 9.94. The van der Waals surface area contributed by atoms with Gasteiger partial charge in [0, 0.05) is 10.8 Å². The van der Waals surface area contributed by atoms with Gasteiger partial charge in [-0.05, 0) is 40.1 Å². The summed E-state index contributed by atoms with van der Waals surface area (Å²) in [4.78, 5) is 0. The van der Waals surface area contributed by atoms with Gasteiger partial charge in [-0.15, -0.1) is 0 Å². The molecule has 0 heterocycles. The van der Waals surface area contributed by atoms with E-state index in [1.807, 2.05) is 0 Å². The van der Waals surface area contributed by atoms with Crippen LogP contribution in [0.1, 0.15) is 12.8 Å². The SMILES string of the molecule is [CH2]CCCOc1ccc2ccc3cccc4ccc1c2c34. The first kappa shape index (κ1) is 12.5. The van der Waals surface area contributed by atoms with Crippen molar-refractivity contribution in [3.63, 3.8) is 0 Å². The molecule has 0 aliphatic heterocycles. The van der Waals surface area contributed by atoms with E-state index in [0.717, 1.165) is 25.2 Å². The molecule has 0 spiro atoms. The Hall–Kier alpha value is -2.28. The molecule has 0 atom stereocenters. The summed E-state index contributed by atoms with van der Waals surface area (Å²) in [6, 6.07) is 19.5. The minimum atomic E-state index is 0.730. The molecule has 0 aliphatic carbocycles. The van der Waals surface area contributed by atoms with Gasteiger partial charge in [0.15, 0.2) is 0 Å². The molecule has 0 fully saturated rings. The molecule has 0 amide bonds. The number of hydrogen-bond acceptors (Lipinski definition) is 1. The van der Waals surface area contributed by atoms with Crippen LogP contribution in [0.4, 0.5) is 0 Å². The van der Waals surface area contributed by atoms with Gasteiger partial charge >= 0.3 is 0 Å². The molecular weight excluding hydrogens is 256 g/mol. The number of rotatable bonds is 4. The Balaban J connectivity index is 2.01. The van der Waals surface area contributed by atoms with E-state index < -0.39 is 0 Å². The lowest BCUT2D eigenvalue weighted by molar-refractivity contribution is 0.315. The molecule has 4 aromatic carbocycles. The van der Waals surface area contributed by atoms with Gasteiger partial charge in [-0.1, -0.05) is 55.8 Å². The Morgan fingerprint density at radius 1 is 0.762 bits per heavy atom. The van der Waals surface area contributed by atoms with Crippen LogP contribution in [0.5, 0.6) is 5.75 Å². The molecular formula is C20H17O. The van der Waals surface area contributed by atoms with Crippen molar-refractivity contribution >= 4 is 32.3 Å². The largest absolute Gasteiger partial charge is 0.493 e. The van der Waals surface area contributed by atoms with Crippen molar-refractivity contribution in [2.24, 2.45) is 0 Å². The first-order valence-corrected chi connectivity index (χ1v) is 7.47. The van der Waals surface area contributed by atoms with E-state index in [1.165, 1.54) is 32.3 Å². The van der Waals surface area contributed by atoms with E-state index in [-0.39, 0.29) is 0 Å². The van der Waals surface area contributed by atoms with Crippen LogP contribution in [-0.4, -0.2) is 6.61 Å². The predicted octanol–water partition coefficient (Wildman–Crippen LogP) is 5.58. The van der Waals surface area contributed by atoms with Crippen LogP contribution < -0.4 is 4.74 Å². The maximum absolute atomic E-state index is 5.96. The van der Waals surface area contributed by atoms with Gasteiger partial charge in [0.05, 0.1) is 6.61 Å². The summed E-state index contributed by atoms with van der Waals surface area (Å²) in [5.74, 6) is 0.981. The molecule has 0 unspecified atom stereocenters. The van der Waals surface area contributed by atoms with Crippen LogP contribution in [-0.2, 0) is 0 Å². The fourth-order valence-electron chi connectivity index (χ4n) is 3.12. The highest BCUT2D eigenvalue weighted by Crippen LogP contribution is 2.38. The molecule has 0 aromatic heterocycles. The van der Waals surface area contributed by atoms with E-state index in [2.05, 4.69) is 61.5 Å². The topological polar surface area (TPSA) is 9.23 Å². The molecule has 1 radical (unpaired) electrons. The van der Waals surface area contributed by atoms with Crippen LogP contribution in [0.25, 0.3) is 32.3 Å². The zero-order valence-electron chi connectivity index (χ0n) is 11.9. The zero-order valence-corrected chi connectivity index (χ0v) is 11.9. The van der Waals surface area contributed by atoms with Gasteiger partial charge in [-0.2, -0.15) is 0 Å². The summed E-state index contributed by atoms with van der Waals surface area (Å²) in [7, 11) is 0. The second-order valence-electron chi connectivity index (χ2n) is 5.48. The standard InChI is InChI=1S/C20H17O/c1-2-3-13-21-18-12-10-16-8-7-14-5-4-6-15-9-11-17(18)20(16)19(14)15/h4-12H,1-3,13H2. The highest BCUT2D eigenvalue weighted by Gasteiger charge is 2.10.